The van der Waals surface area contributed by atoms with E-state index < -0.39 is 11.9 Å². The number of carboxylic acids is 1. The monoisotopic (exact) mass is 365 g/mol. The van der Waals surface area contributed by atoms with E-state index in [-0.39, 0.29) is 17.3 Å². The normalized spacial score (nSPS) is 22.9. The first-order chi connectivity index (χ1) is 12.6. The number of carbonyl (C=O) groups is 2. The highest BCUT2D eigenvalue weighted by Crippen LogP contribution is 2.45. The zero-order valence-corrected chi connectivity index (χ0v) is 15.2. The number of carboxylic acid groups (broad SMARTS) is 1. The molecule has 2 aromatic rings. The Balaban J connectivity index is 1.79. The molecule has 2 unspecified atom stereocenters. The Kier molecular flexibility index (Phi) is 4.24. The molecule has 1 aromatic carbocycles. The Labute approximate surface area is 155 Å². The third-order valence-electron chi connectivity index (χ3n) is 5.21. The second kappa shape index (κ2) is 6.57. The highest BCUT2D eigenvalue weighted by molar-refractivity contribution is 7.08. The van der Waals surface area contributed by atoms with Crippen LogP contribution >= 0.6 is 11.3 Å². The molecule has 2 atom stereocenters. The molecule has 4 rings (SSSR count). The number of benzene rings is 1. The minimum absolute atomic E-state index is 0.0371. The summed E-state index contributed by atoms with van der Waals surface area (Å²) < 4.78 is 0. The van der Waals surface area contributed by atoms with Crippen LogP contribution in [0.3, 0.4) is 0 Å². The maximum Gasteiger partial charge on any atom is 0.334 e. The smallest absolute Gasteiger partial charge is 0.334 e. The second-order valence-electron chi connectivity index (χ2n) is 6.79. The van der Waals surface area contributed by atoms with E-state index in [1.807, 2.05) is 47.2 Å². The molecule has 2 aliphatic rings. The van der Waals surface area contributed by atoms with Crippen LogP contribution in [0.5, 0.6) is 0 Å². The molecule has 0 amide bonds. The van der Waals surface area contributed by atoms with Crippen molar-refractivity contribution in [1.29, 1.82) is 0 Å². The van der Waals surface area contributed by atoms with Crippen LogP contribution in [-0.2, 0) is 9.59 Å². The van der Waals surface area contributed by atoms with Gasteiger partial charge in [0.2, 0.25) is 0 Å². The number of ketones is 1. The fourth-order valence-electron chi connectivity index (χ4n) is 4.06. The van der Waals surface area contributed by atoms with Crippen molar-refractivity contribution in [3.63, 3.8) is 0 Å². The Hall–Kier alpha value is -2.66. The molecule has 0 fully saturated rings. The summed E-state index contributed by atoms with van der Waals surface area (Å²) in [6.07, 6.45) is 1.13. The van der Waals surface area contributed by atoms with Gasteiger partial charge in [0.1, 0.15) is 0 Å². The van der Waals surface area contributed by atoms with Gasteiger partial charge in [-0.15, -0.1) is 0 Å². The Bertz CT molecular complexity index is 925. The molecule has 0 saturated heterocycles. The quantitative estimate of drug-likeness (QED) is 0.856. The summed E-state index contributed by atoms with van der Waals surface area (Å²) in [5, 5.41) is 16.8. The molecule has 2 heterocycles. The van der Waals surface area contributed by atoms with Crippen LogP contribution in [-0.4, -0.2) is 16.9 Å². The summed E-state index contributed by atoms with van der Waals surface area (Å²) in [5.74, 6) is -1.30. The molecule has 0 radical (unpaired) electrons. The van der Waals surface area contributed by atoms with Gasteiger partial charge in [0.25, 0.3) is 0 Å². The lowest BCUT2D eigenvalue weighted by Gasteiger charge is -2.36. The first-order valence-electron chi connectivity index (χ1n) is 8.60. The summed E-state index contributed by atoms with van der Waals surface area (Å²) in [6, 6.07) is 12.0. The van der Waals surface area contributed by atoms with Crippen LogP contribution < -0.4 is 5.32 Å². The predicted molar refractivity (Wildman–Crippen MR) is 101 cm³/mol. The van der Waals surface area contributed by atoms with Gasteiger partial charge in [0.15, 0.2) is 5.78 Å². The van der Waals surface area contributed by atoms with Gasteiger partial charge in [-0.2, -0.15) is 11.3 Å². The molecule has 4 nitrogen and oxygen atoms in total. The van der Waals surface area contributed by atoms with E-state index in [9.17, 15) is 14.7 Å². The van der Waals surface area contributed by atoms with E-state index in [2.05, 4.69) is 5.32 Å². The van der Waals surface area contributed by atoms with Crippen LogP contribution in [0, 0.1) is 0 Å². The summed E-state index contributed by atoms with van der Waals surface area (Å²) in [5.41, 5.74) is 4.41. The van der Waals surface area contributed by atoms with Gasteiger partial charge in [-0.3, -0.25) is 4.79 Å². The molecule has 5 heteroatoms. The van der Waals surface area contributed by atoms with Crippen molar-refractivity contribution in [3.8, 4) is 0 Å². The molecule has 0 bridgehead atoms. The van der Waals surface area contributed by atoms with Crippen molar-refractivity contribution >= 4 is 23.1 Å². The fraction of sp³-hybridized carbons (Fsp3) is 0.238. The third kappa shape index (κ3) is 2.78. The molecule has 1 aromatic heterocycles. The largest absolute Gasteiger partial charge is 0.478 e. The zero-order valence-electron chi connectivity index (χ0n) is 14.4. The second-order valence-corrected chi connectivity index (χ2v) is 7.57. The molecule has 132 valence electrons. The van der Waals surface area contributed by atoms with Gasteiger partial charge in [-0.05, 0) is 47.2 Å². The van der Waals surface area contributed by atoms with Gasteiger partial charge >= 0.3 is 5.97 Å². The zero-order chi connectivity index (χ0) is 18.3. The van der Waals surface area contributed by atoms with Crippen LogP contribution in [0.15, 0.2) is 69.7 Å². The number of carbonyl (C=O) groups excluding carboxylic acids is 1. The van der Waals surface area contributed by atoms with Gasteiger partial charge in [0, 0.05) is 29.3 Å². The molecule has 1 aliphatic carbocycles. The van der Waals surface area contributed by atoms with Crippen molar-refractivity contribution in [1.82, 2.24) is 5.32 Å². The number of thiophene rings is 1. The molecular weight excluding hydrogens is 346 g/mol. The fourth-order valence-corrected chi connectivity index (χ4v) is 4.74. The minimum Gasteiger partial charge on any atom is -0.478 e. The van der Waals surface area contributed by atoms with Crippen molar-refractivity contribution in [2.75, 3.05) is 0 Å². The average molecular weight is 365 g/mol. The van der Waals surface area contributed by atoms with Crippen LogP contribution in [0.25, 0.3) is 0 Å². The molecule has 0 saturated carbocycles. The van der Waals surface area contributed by atoms with E-state index in [1.165, 1.54) is 11.3 Å². The number of hydrogen-bond donors (Lipinski definition) is 2. The Morgan fingerprint density at radius 1 is 1.15 bits per heavy atom. The third-order valence-corrected chi connectivity index (χ3v) is 5.91. The minimum atomic E-state index is -0.976. The van der Waals surface area contributed by atoms with Crippen molar-refractivity contribution in [3.05, 3.63) is 80.8 Å². The van der Waals surface area contributed by atoms with Crippen molar-refractivity contribution in [2.45, 2.75) is 31.6 Å². The number of hydrogen-bond acceptors (Lipinski definition) is 4. The summed E-state index contributed by atoms with van der Waals surface area (Å²) in [4.78, 5) is 25.0. The van der Waals surface area contributed by atoms with Crippen LogP contribution in [0.4, 0.5) is 0 Å². The summed E-state index contributed by atoms with van der Waals surface area (Å²) >= 11 is 1.52. The van der Waals surface area contributed by atoms with Crippen LogP contribution in [0.1, 0.15) is 42.7 Å². The lowest BCUT2D eigenvalue weighted by molar-refractivity contribution is -0.133. The van der Waals surface area contributed by atoms with Crippen molar-refractivity contribution < 1.29 is 14.7 Å². The standard InChI is InChI=1S/C21H19NO3S/c1-12-18(21(24)25)19(14-7-8-26-11-14)20-16(22-12)9-15(10-17(20)23)13-5-3-2-4-6-13/h2-8,11,15,19,22H,9-10H2,1H3,(H,24,25). The van der Waals surface area contributed by atoms with Gasteiger partial charge in [-0.25, -0.2) is 4.79 Å². The molecule has 1 aliphatic heterocycles. The predicted octanol–water partition coefficient (Wildman–Crippen LogP) is 4.19. The molecule has 26 heavy (non-hydrogen) atoms. The number of Topliss-reactive ketones (excluding diaryl/α,β-unsaturated/α-hetero) is 1. The Morgan fingerprint density at radius 3 is 2.58 bits per heavy atom. The van der Waals surface area contributed by atoms with Gasteiger partial charge < -0.3 is 10.4 Å². The molecule has 2 N–H and O–H groups in total. The lowest BCUT2D eigenvalue weighted by Crippen LogP contribution is -2.35. The summed E-state index contributed by atoms with van der Waals surface area (Å²) in [6.45, 7) is 1.78. The van der Waals surface area contributed by atoms with E-state index in [0.717, 1.165) is 23.2 Å². The molecule has 0 spiro atoms. The number of dihydropyridines is 1. The topological polar surface area (TPSA) is 66.4 Å². The Morgan fingerprint density at radius 2 is 1.92 bits per heavy atom. The van der Waals surface area contributed by atoms with E-state index >= 15 is 0 Å². The van der Waals surface area contributed by atoms with E-state index in [0.29, 0.717) is 17.7 Å². The van der Waals surface area contributed by atoms with E-state index in [1.54, 1.807) is 6.92 Å². The molecular formula is C21H19NO3S. The van der Waals surface area contributed by atoms with Gasteiger partial charge in [0.05, 0.1) is 5.57 Å². The first-order valence-corrected chi connectivity index (χ1v) is 9.55. The van der Waals surface area contributed by atoms with E-state index in [4.69, 9.17) is 0 Å². The summed E-state index contributed by atoms with van der Waals surface area (Å²) in [7, 11) is 0. The lowest BCUT2D eigenvalue weighted by atomic mass is 9.72. The number of aliphatic carboxylic acids is 1. The first kappa shape index (κ1) is 16.8. The SMILES string of the molecule is CC1=C(C(=O)O)C(c2ccsc2)C2=C(CC(c3ccccc3)CC2=O)N1. The highest BCUT2D eigenvalue weighted by Gasteiger charge is 2.40. The maximum atomic E-state index is 13.1. The van der Waals surface area contributed by atoms with Gasteiger partial charge in [-0.1, -0.05) is 30.3 Å². The number of allylic oxidation sites excluding steroid dienone is 3. The maximum absolute atomic E-state index is 13.1. The number of rotatable bonds is 3. The number of nitrogens with one attached hydrogen (secondary N) is 1. The highest BCUT2D eigenvalue weighted by atomic mass is 32.1. The average Bonchev–Trinajstić information content (AvgIpc) is 3.15. The van der Waals surface area contributed by atoms with Crippen molar-refractivity contribution in [2.24, 2.45) is 0 Å². The van der Waals surface area contributed by atoms with Crippen LogP contribution in [0.2, 0.25) is 0 Å².